The second-order valence-electron chi connectivity index (χ2n) is 5.98. The first-order valence-corrected chi connectivity index (χ1v) is 9.68. The standard InChI is InChI=1S/C19H23ClN2O2S/c1-4-22(3)13-21-19-8-14(2)16(11-17(19)12-25(23)24)9-15-6-5-7-18(20)10-15/h5-8,10-11,13H,4,9,12H2,1-3H3,(H,23,24)/p-1. The predicted octanol–water partition coefficient (Wildman–Crippen LogP) is 4.23. The maximum Gasteiger partial charge on any atom is 0.0909 e. The first kappa shape index (κ1) is 19.6. The van der Waals surface area contributed by atoms with Crippen LogP contribution in [-0.2, 0) is 23.3 Å². The van der Waals surface area contributed by atoms with E-state index in [9.17, 15) is 8.76 Å². The van der Waals surface area contributed by atoms with Crippen molar-refractivity contribution in [3.63, 3.8) is 0 Å². The molecule has 1 atom stereocenters. The number of hydrogen-bond donors (Lipinski definition) is 0. The van der Waals surface area contributed by atoms with E-state index in [1.54, 1.807) is 6.34 Å². The molecule has 0 fully saturated rings. The van der Waals surface area contributed by atoms with Gasteiger partial charge in [-0.1, -0.05) is 40.9 Å². The number of hydrogen-bond acceptors (Lipinski definition) is 3. The van der Waals surface area contributed by atoms with Gasteiger partial charge in [0.2, 0.25) is 0 Å². The van der Waals surface area contributed by atoms with Crippen molar-refractivity contribution in [1.29, 1.82) is 0 Å². The van der Waals surface area contributed by atoms with Gasteiger partial charge in [-0.25, -0.2) is 4.99 Å². The van der Waals surface area contributed by atoms with Gasteiger partial charge in [0.25, 0.3) is 0 Å². The van der Waals surface area contributed by atoms with Gasteiger partial charge in [-0.15, -0.1) is 0 Å². The van der Waals surface area contributed by atoms with Crippen molar-refractivity contribution in [3.8, 4) is 0 Å². The summed E-state index contributed by atoms with van der Waals surface area (Å²) in [7, 11) is 1.93. The van der Waals surface area contributed by atoms with Crippen LogP contribution in [0.2, 0.25) is 5.02 Å². The van der Waals surface area contributed by atoms with E-state index in [2.05, 4.69) is 4.99 Å². The molecule has 0 bridgehead atoms. The van der Waals surface area contributed by atoms with E-state index in [4.69, 9.17) is 11.6 Å². The molecule has 2 aromatic carbocycles. The highest BCUT2D eigenvalue weighted by atomic mass is 35.5. The highest BCUT2D eigenvalue weighted by Gasteiger charge is 2.09. The Hall–Kier alpha value is -1.69. The van der Waals surface area contributed by atoms with Crippen LogP contribution in [0.3, 0.4) is 0 Å². The Morgan fingerprint density at radius 1 is 1.28 bits per heavy atom. The van der Waals surface area contributed by atoms with Crippen molar-refractivity contribution < 1.29 is 8.76 Å². The molecule has 4 nitrogen and oxygen atoms in total. The number of nitrogens with zero attached hydrogens (tertiary/aromatic N) is 2. The SMILES string of the molecule is CCN(C)C=Nc1cc(C)c(Cc2cccc(Cl)c2)cc1CS(=O)[O-]. The van der Waals surface area contributed by atoms with Crippen LogP contribution in [0, 0.1) is 6.92 Å². The Balaban J connectivity index is 2.38. The maximum absolute atomic E-state index is 11.2. The summed E-state index contributed by atoms with van der Waals surface area (Å²) in [6.45, 7) is 4.87. The summed E-state index contributed by atoms with van der Waals surface area (Å²) in [5.41, 5.74) is 4.64. The Kier molecular flexibility index (Phi) is 7.17. The molecule has 0 aromatic heterocycles. The van der Waals surface area contributed by atoms with Crippen LogP contribution >= 0.6 is 11.6 Å². The van der Waals surface area contributed by atoms with Crippen LogP contribution in [0.25, 0.3) is 0 Å². The third-order valence-corrected chi connectivity index (χ3v) is 4.77. The first-order valence-electron chi connectivity index (χ1n) is 8.06. The van der Waals surface area contributed by atoms with Crippen molar-refractivity contribution in [2.24, 2.45) is 4.99 Å². The fraction of sp³-hybridized carbons (Fsp3) is 0.316. The number of aliphatic imine (C=N–C) groups is 1. The zero-order valence-electron chi connectivity index (χ0n) is 14.7. The van der Waals surface area contributed by atoms with Crippen LogP contribution < -0.4 is 0 Å². The van der Waals surface area contributed by atoms with Crippen molar-refractivity contribution in [1.82, 2.24) is 4.90 Å². The number of rotatable bonds is 7. The number of aryl methyl sites for hydroxylation is 1. The lowest BCUT2D eigenvalue weighted by Gasteiger charge is -2.15. The van der Waals surface area contributed by atoms with Gasteiger partial charge in [0.15, 0.2) is 0 Å². The highest BCUT2D eigenvalue weighted by Crippen LogP contribution is 2.27. The molecular weight excluding hydrogens is 356 g/mol. The minimum atomic E-state index is -2.17. The fourth-order valence-corrected chi connectivity index (χ4v) is 3.15. The van der Waals surface area contributed by atoms with E-state index in [0.717, 1.165) is 23.2 Å². The number of benzene rings is 2. The highest BCUT2D eigenvalue weighted by molar-refractivity contribution is 7.78. The predicted molar refractivity (Wildman–Crippen MR) is 105 cm³/mol. The van der Waals surface area contributed by atoms with Crippen molar-refractivity contribution in [3.05, 3.63) is 63.7 Å². The van der Waals surface area contributed by atoms with Gasteiger partial charge in [-0.3, -0.25) is 4.21 Å². The Labute approximate surface area is 156 Å². The van der Waals surface area contributed by atoms with Gasteiger partial charge < -0.3 is 9.45 Å². The molecule has 0 N–H and O–H groups in total. The zero-order chi connectivity index (χ0) is 18.4. The van der Waals surface area contributed by atoms with Crippen LogP contribution in [0.15, 0.2) is 41.4 Å². The van der Waals surface area contributed by atoms with Gasteiger partial charge in [0.1, 0.15) is 0 Å². The topological polar surface area (TPSA) is 55.7 Å². The second-order valence-corrected chi connectivity index (χ2v) is 7.31. The number of halogens is 1. The van der Waals surface area contributed by atoms with Crippen molar-refractivity contribution in [2.75, 3.05) is 13.6 Å². The normalized spacial score (nSPS) is 12.5. The lowest BCUT2D eigenvalue weighted by molar-refractivity contribution is 0.536. The van der Waals surface area contributed by atoms with Crippen molar-refractivity contribution >= 4 is 34.7 Å². The van der Waals surface area contributed by atoms with Crippen molar-refractivity contribution in [2.45, 2.75) is 26.0 Å². The fourth-order valence-electron chi connectivity index (χ4n) is 2.45. The zero-order valence-corrected chi connectivity index (χ0v) is 16.2. The molecule has 0 heterocycles. The molecule has 0 amide bonds. The Morgan fingerprint density at radius 2 is 2.04 bits per heavy atom. The molecule has 2 aromatic rings. The second kappa shape index (κ2) is 9.13. The molecule has 0 aliphatic heterocycles. The lowest BCUT2D eigenvalue weighted by Crippen LogP contribution is -2.14. The van der Waals surface area contributed by atoms with Crippen LogP contribution in [0.5, 0.6) is 0 Å². The van der Waals surface area contributed by atoms with E-state index < -0.39 is 11.1 Å². The monoisotopic (exact) mass is 377 g/mol. The minimum absolute atomic E-state index is 0.0503. The van der Waals surface area contributed by atoms with E-state index in [1.165, 1.54) is 0 Å². The quantitative estimate of drug-likeness (QED) is 0.412. The Bertz CT molecular complexity index is 793. The van der Waals surface area contributed by atoms with Gasteiger partial charge in [-0.05, 0) is 60.7 Å². The van der Waals surface area contributed by atoms with E-state index in [-0.39, 0.29) is 5.75 Å². The summed E-state index contributed by atoms with van der Waals surface area (Å²) in [5.74, 6) is -0.0503. The van der Waals surface area contributed by atoms with Gasteiger partial charge >= 0.3 is 0 Å². The van der Waals surface area contributed by atoms with E-state index in [1.807, 2.05) is 62.2 Å². The molecule has 0 spiro atoms. The molecule has 0 aliphatic carbocycles. The molecule has 0 saturated heterocycles. The average Bonchev–Trinajstić information content (AvgIpc) is 2.55. The molecule has 0 saturated carbocycles. The average molecular weight is 378 g/mol. The summed E-state index contributed by atoms with van der Waals surface area (Å²) >= 11 is 3.89. The molecule has 134 valence electrons. The van der Waals surface area contributed by atoms with Crippen LogP contribution in [-0.4, -0.2) is 33.6 Å². The summed E-state index contributed by atoms with van der Waals surface area (Å²) < 4.78 is 22.5. The summed E-state index contributed by atoms with van der Waals surface area (Å²) in [6, 6.07) is 11.6. The largest absolute Gasteiger partial charge is 0.772 e. The first-order chi connectivity index (χ1) is 11.9. The van der Waals surface area contributed by atoms with E-state index >= 15 is 0 Å². The maximum atomic E-state index is 11.2. The summed E-state index contributed by atoms with van der Waals surface area (Å²) in [5, 5.41) is 0.694. The molecule has 1 unspecified atom stereocenters. The summed E-state index contributed by atoms with van der Waals surface area (Å²) in [4.78, 5) is 6.40. The molecule has 0 aliphatic rings. The third-order valence-electron chi connectivity index (χ3n) is 3.99. The van der Waals surface area contributed by atoms with Gasteiger partial charge in [0.05, 0.1) is 12.0 Å². The molecular formula is C19H22ClN2O2S-. The van der Waals surface area contributed by atoms with Crippen LogP contribution in [0.4, 0.5) is 5.69 Å². The molecule has 6 heteroatoms. The molecule has 2 rings (SSSR count). The van der Waals surface area contributed by atoms with Gasteiger partial charge in [-0.2, -0.15) is 0 Å². The summed E-state index contributed by atoms with van der Waals surface area (Å²) in [6.07, 6.45) is 2.42. The third kappa shape index (κ3) is 5.96. The van der Waals surface area contributed by atoms with E-state index in [0.29, 0.717) is 22.7 Å². The molecule has 25 heavy (non-hydrogen) atoms. The minimum Gasteiger partial charge on any atom is -0.772 e. The lowest BCUT2D eigenvalue weighted by atomic mass is 9.97. The van der Waals surface area contributed by atoms with Crippen LogP contribution in [0.1, 0.15) is 29.2 Å². The van der Waals surface area contributed by atoms with Gasteiger partial charge in [0, 0.05) is 24.4 Å². The molecule has 0 radical (unpaired) electrons. The smallest absolute Gasteiger partial charge is 0.0909 e. The Morgan fingerprint density at radius 3 is 2.68 bits per heavy atom.